The van der Waals surface area contributed by atoms with E-state index in [0.29, 0.717) is 0 Å². The highest BCUT2D eigenvalue weighted by molar-refractivity contribution is 7.90. The van der Waals surface area contributed by atoms with E-state index < -0.39 is 15.9 Å². The number of amides is 1. The molecule has 130 valence electrons. The van der Waals surface area contributed by atoms with Gasteiger partial charge in [-0.15, -0.1) is 0 Å². The van der Waals surface area contributed by atoms with Crippen LogP contribution in [0.4, 0.5) is 0 Å². The lowest BCUT2D eigenvalue weighted by atomic mass is 10.1. The van der Waals surface area contributed by atoms with Crippen molar-refractivity contribution < 1.29 is 13.2 Å². The van der Waals surface area contributed by atoms with Crippen molar-refractivity contribution in [3.8, 4) is 0 Å². The molecule has 0 spiro atoms. The maximum absolute atomic E-state index is 12.5. The molecule has 2 aromatic rings. The van der Waals surface area contributed by atoms with Crippen LogP contribution in [-0.4, -0.2) is 37.4 Å². The van der Waals surface area contributed by atoms with Gasteiger partial charge in [-0.25, -0.2) is 8.42 Å². The van der Waals surface area contributed by atoms with E-state index in [1.165, 1.54) is 6.26 Å². The van der Waals surface area contributed by atoms with Crippen LogP contribution in [0.3, 0.4) is 0 Å². The third-order valence-corrected chi connectivity index (χ3v) is 4.90. The molecule has 0 saturated heterocycles. The Morgan fingerprint density at radius 2 is 1.83 bits per heavy atom. The molecule has 0 radical (unpaired) electrons. The van der Waals surface area contributed by atoms with Gasteiger partial charge in [-0.1, -0.05) is 12.1 Å². The van der Waals surface area contributed by atoms with Crippen LogP contribution in [0.1, 0.15) is 30.1 Å². The van der Waals surface area contributed by atoms with Gasteiger partial charge < -0.3 is 10.6 Å². The summed E-state index contributed by atoms with van der Waals surface area (Å²) in [7, 11) is 0.277. The molecule has 1 aromatic heterocycles. The Bertz CT molecular complexity index is 812. The molecule has 24 heavy (non-hydrogen) atoms. The molecule has 0 bridgehead atoms. The normalized spacial score (nSPS) is 14.2. The van der Waals surface area contributed by atoms with Crippen molar-refractivity contribution in [2.45, 2.75) is 23.9 Å². The zero-order valence-electron chi connectivity index (χ0n) is 14.1. The van der Waals surface area contributed by atoms with E-state index in [0.717, 1.165) is 11.1 Å². The zero-order valence-corrected chi connectivity index (χ0v) is 15.0. The minimum atomic E-state index is -3.23. The van der Waals surface area contributed by atoms with Crippen LogP contribution in [-0.2, 0) is 21.7 Å². The van der Waals surface area contributed by atoms with Gasteiger partial charge in [-0.2, -0.15) is 5.10 Å². The lowest BCUT2D eigenvalue weighted by Crippen LogP contribution is -2.37. The SMILES string of the molecule is CNC(C(=O)NC(C)c1ccc(S(C)(=O)=O)cc1)c1cnn(C)c1. The van der Waals surface area contributed by atoms with Crippen molar-refractivity contribution in [1.29, 1.82) is 0 Å². The fourth-order valence-corrected chi connectivity index (χ4v) is 3.05. The van der Waals surface area contributed by atoms with Gasteiger partial charge in [0.15, 0.2) is 9.84 Å². The van der Waals surface area contributed by atoms with Gasteiger partial charge in [0.25, 0.3) is 0 Å². The minimum Gasteiger partial charge on any atom is -0.348 e. The maximum atomic E-state index is 12.5. The molecule has 0 saturated carbocycles. The first kappa shape index (κ1) is 18.2. The molecule has 2 atom stereocenters. The van der Waals surface area contributed by atoms with Crippen molar-refractivity contribution in [3.63, 3.8) is 0 Å². The van der Waals surface area contributed by atoms with E-state index in [2.05, 4.69) is 15.7 Å². The summed E-state index contributed by atoms with van der Waals surface area (Å²) in [6.07, 6.45) is 4.59. The first-order valence-corrected chi connectivity index (χ1v) is 9.37. The van der Waals surface area contributed by atoms with Gasteiger partial charge >= 0.3 is 0 Å². The number of nitrogens with one attached hydrogen (secondary N) is 2. The molecule has 0 aliphatic heterocycles. The first-order chi connectivity index (χ1) is 11.2. The fraction of sp³-hybridized carbons (Fsp3) is 0.375. The summed E-state index contributed by atoms with van der Waals surface area (Å²) in [4.78, 5) is 12.7. The Morgan fingerprint density at radius 1 is 1.21 bits per heavy atom. The average Bonchev–Trinajstić information content (AvgIpc) is 2.93. The first-order valence-electron chi connectivity index (χ1n) is 7.48. The summed E-state index contributed by atoms with van der Waals surface area (Å²) in [6.45, 7) is 1.85. The van der Waals surface area contributed by atoms with Gasteiger partial charge in [0.05, 0.1) is 17.1 Å². The predicted molar refractivity (Wildman–Crippen MR) is 91.1 cm³/mol. The second kappa shape index (κ2) is 7.14. The van der Waals surface area contributed by atoms with Crippen molar-refractivity contribution in [1.82, 2.24) is 20.4 Å². The molecule has 0 aliphatic carbocycles. The summed E-state index contributed by atoms with van der Waals surface area (Å²) in [5, 5.41) is 9.98. The highest BCUT2D eigenvalue weighted by Gasteiger charge is 2.22. The summed E-state index contributed by atoms with van der Waals surface area (Å²) in [5.41, 5.74) is 1.61. The number of sulfone groups is 1. The summed E-state index contributed by atoms with van der Waals surface area (Å²) in [5.74, 6) is -0.176. The van der Waals surface area contributed by atoms with Gasteiger partial charge in [0.2, 0.25) is 5.91 Å². The summed E-state index contributed by atoms with van der Waals surface area (Å²) in [6, 6.07) is 5.75. The molecule has 0 aliphatic rings. The Morgan fingerprint density at radius 3 is 2.29 bits per heavy atom. The Hall–Kier alpha value is -2.19. The van der Waals surface area contributed by atoms with Crippen molar-refractivity contribution in [2.24, 2.45) is 7.05 Å². The third kappa shape index (κ3) is 4.21. The van der Waals surface area contributed by atoms with E-state index in [1.807, 2.05) is 6.92 Å². The van der Waals surface area contributed by atoms with E-state index in [4.69, 9.17) is 0 Å². The fourth-order valence-electron chi connectivity index (χ4n) is 2.42. The molecule has 2 rings (SSSR count). The van der Waals surface area contributed by atoms with Crippen molar-refractivity contribution >= 4 is 15.7 Å². The highest BCUT2D eigenvalue weighted by Crippen LogP contribution is 2.18. The van der Waals surface area contributed by atoms with E-state index in [9.17, 15) is 13.2 Å². The molecule has 7 nitrogen and oxygen atoms in total. The molecule has 0 fully saturated rings. The smallest absolute Gasteiger partial charge is 0.242 e. The molecule has 2 N–H and O–H groups in total. The topological polar surface area (TPSA) is 93.1 Å². The van der Waals surface area contributed by atoms with E-state index >= 15 is 0 Å². The van der Waals surface area contributed by atoms with Gasteiger partial charge in [0, 0.05) is 25.1 Å². The second-order valence-electron chi connectivity index (χ2n) is 5.74. The number of nitrogens with zero attached hydrogens (tertiary/aromatic N) is 2. The molecular formula is C16H22N4O3S. The Labute approximate surface area is 142 Å². The molecule has 8 heteroatoms. The number of aromatic nitrogens is 2. The molecular weight excluding hydrogens is 328 g/mol. The van der Waals surface area contributed by atoms with Crippen LogP contribution in [0, 0.1) is 0 Å². The predicted octanol–water partition coefficient (Wildman–Crippen LogP) is 0.961. The minimum absolute atomic E-state index is 0.176. The second-order valence-corrected chi connectivity index (χ2v) is 7.76. The number of carbonyl (C=O) groups excluding carboxylic acids is 1. The van der Waals surface area contributed by atoms with Crippen LogP contribution in [0.25, 0.3) is 0 Å². The molecule has 1 heterocycles. The largest absolute Gasteiger partial charge is 0.348 e. The molecule has 2 unspecified atom stereocenters. The van der Waals surface area contributed by atoms with Gasteiger partial charge in [-0.3, -0.25) is 9.48 Å². The number of hydrogen-bond donors (Lipinski definition) is 2. The van der Waals surface area contributed by atoms with Crippen LogP contribution in [0.2, 0.25) is 0 Å². The quantitative estimate of drug-likeness (QED) is 0.809. The van der Waals surface area contributed by atoms with Crippen LogP contribution < -0.4 is 10.6 Å². The maximum Gasteiger partial charge on any atom is 0.242 e. The van der Waals surface area contributed by atoms with E-state index in [-0.39, 0.29) is 16.8 Å². The van der Waals surface area contributed by atoms with Crippen LogP contribution >= 0.6 is 0 Å². The number of benzene rings is 1. The molecule has 1 amide bonds. The van der Waals surface area contributed by atoms with Gasteiger partial charge in [-0.05, 0) is 31.7 Å². The van der Waals surface area contributed by atoms with Crippen LogP contribution in [0.15, 0.2) is 41.6 Å². The van der Waals surface area contributed by atoms with E-state index in [1.54, 1.807) is 55.4 Å². The number of likely N-dealkylation sites (N-methyl/N-ethyl adjacent to an activating group) is 1. The molecule has 1 aromatic carbocycles. The standard InChI is InChI=1S/C16H22N4O3S/c1-11(12-5-7-14(8-6-12)24(4,22)23)19-16(21)15(17-2)13-9-18-20(3)10-13/h5-11,15,17H,1-4H3,(H,19,21). The number of rotatable bonds is 6. The van der Waals surface area contributed by atoms with Crippen LogP contribution in [0.5, 0.6) is 0 Å². The number of aryl methyl sites for hydroxylation is 1. The van der Waals surface area contributed by atoms with Crippen molar-refractivity contribution in [2.75, 3.05) is 13.3 Å². The Kier molecular flexibility index (Phi) is 5.40. The number of hydrogen-bond acceptors (Lipinski definition) is 5. The monoisotopic (exact) mass is 350 g/mol. The van der Waals surface area contributed by atoms with Crippen molar-refractivity contribution in [3.05, 3.63) is 47.8 Å². The highest BCUT2D eigenvalue weighted by atomic mass is 32.2. The average molecular weight is 350 g/mol. The lowest BCUT2D eigenvalue weighted by molar-refractivity contribution is -0.123. The summed E-state index contributed by atoms with van der Waals surface area (Å²) < 4.78 is 24.6. The Balaban J connectivity index is 2.10. The van der Waals surface area contributed by atoms with Gasteiger partial charge in [0.1, 0.15) is 6.04 Å². The summed E-state index contributed by atoms with van der Waals surface area (Å²) >= 11 is 0. The lowest BCUT2D eigenvalue weighted by Gasteiger charge is -2.19. The third-order valence-electron chi connectivity index (χ3n) is 3.78. The zero-order chi connectivity index (χ0) is 17.9. The number of carbonyl (C=O) groups is 1.